The minimum Gasteiger partial charge on any atom is -0.329 e. The lowest BCUT2D eigenvalue weighted by molar-refractivity contribution is -0.163. The van der Waals surface area contributed by atoms with Gasteiger partial charge in [-0.15, -0.1) is 0 Å². The zero-order valence-corrected chi connectivity index (χ0v) is 13.7. The van der Waals surface area contributed by atoms with E-state index in [1.165, 1.54) is 5.56 Å². The molecule has 2 amide bonds. The molecule has 0 bridgehead atoms. The van der Waals surface area contributed by atoms with Gasteiger partial charge in [0.15, 0.2) is 0 Å². The molecule has 5 nitrogen and oxygen atoms in total. The average molecular weight is 334 g/mol. The summed E-state index contributed by atoms with van der Waals surface area (Å²) in [4.78, 5) is 31.2. The molecule has 3 heterocycles. The van der Waals surface area contributed by atoms with Gasteiger partial charge in [0, 0.05) is 37.7 Å². The number of fused-ring (bicyclic) bond motifs is 2. The highest BCUT2D eigenvalue weighted by Crippen LogP contribution is 2.29. The van der Waals surface area contributed by atoms with Crippen LogP contribution in [0.15, 0.2) is 24.3 Å². The Morgan fingerprint density at radius 3 is 2.43 bits per heavy atom. The number of benzene rings is 1. The van der Waals surface area contributed by atoms with Gasteiger partial charge >= 0.3 is 0 Å². The van der Waals surface area contributed by atoms with E-state index in [2.05, 4.69) is 4.90 Å². The number of nitrogens with zero attached hydrogens (tertiary/aromatic N) is 3. The van der Waals surface area contributed by atoms with E-state index >= 15 is 0 Å². The quantitative estimate of drug-likeness (QED) is 0.821. The van der Waals surface area contributed by atoms with Gasteiger partial charge in [0.05, 0.1) is 0 Å². The van der Waals surface area contributed by atoms with E-state index in [0.717, 1.165) is 37.5 Å². The average Bonchev–Trinajstić information content (AvgIpc) is 3.05. The topological polar surface area (TPSA) is 43.9 Å². The van der Waals surface area contributed by atoms with Crippen LogP contribution in [0.1, 0.15) is 18.4 Å². The normalized spacial score (nSPS) is 28.0. The highest BCUT2D eigenvalue weighted by atomic mass is 35.5. The Bertz CT molecular complexity index is 633. The third-order valence-corrected chi connectivity index (χ3v) is 5.42. The van der Waals surface area contributed by atoms with Crippen molar-refractivity contribution in [2.24, 2.45) is 0 Å². The number of amides is 2. The second-order valence-electron chi connectivity index (χ2n) is 6.60. The minimum atomic E-state index is -0.307. The van der Waals surface area contributed by atoms with Crippen LogP contribution in [0.4, 0.5) is 0 Å². The van der Waals surface area contributed by atoms with Crippen molar-refractivity contribution in [3.8, 4) is 0 Å². The molecule has 2 atom stereocenters. The molecule has 3 saturated heterocycles. The number of carbonyl (C=O) groups excluding carboxylic acids is 2. The lowest BCUT2D eigenvalue weighted by Crippen LogP contribution is -2.68. The van der Waals surface area contributed by atoms with E-state index in [1.54, 1.807) is 4.90 Å². The third-order valence-electron chi connectivity index (χ3n) is 5.17. The second kappa shape index (κ2) is 5.80. The standard InChI is InChI=1S/C17H20ClN3O2/c18-13-5-3-12(4-6-13)10-19-8-9-21-15(11-19)17(23)20-7-1-2-14(20)16(21)22/h3-6,14-15H,1-2,7-11H2/t14-,15+/m0/s1. The van der Waals surface area contributed by atoms with Crippen molar-refractivity contribution in [1.82, 2.24) is 14.7 Å². The molecule has 0 saturated carbocycles. The Hall–Kier alpha value is -1.59. The van der Waals surface area contributed by atoms with Crippen LogP contribution in [0.3, 0.4) is 0 Å². The van der Waals surface area contributed by atoms with Crippen LogP contribution in [0, 0.1) is 0 Å². The SMILES string of the molecule is O=C1[C@@H]2CCCN2C(=O)[C@H]2CN(Cc3ccc(Cl)cc3)CCN12. The maximum absolute atomic E-state index is 12.7. The Morgan fingerprint density at radius 2 is 1.65 bits per heavy atom. The van der Waals surface area contributed by atoms with Crippen molar-refractivity contribution >= 4 is 23.4 Å². The fourth-order valence-electron chi connectivity index (χ4n) is 3.98. The van der Waals surface area contributed by atoms with Crippen LogP contribution >= 0.6 is 11.6 Å². The van der Waals surface area contributed by atoms with E-state index in [1.807, 2.05) is 29.2 Å². The number of halogens is 1. The second-order valence-corrected chi connectivity index (χ2v) is 7.04. The monoisotopic (exact) mass is 333 g/mol. The summed E-state index contributed by atoms with van der Waals surface area (Å²) in [6, 6.07) is 7.30. The van der Waals surface area contributed by atoms with Gasteiger partial charge in [-0.25, -0.2) is 0 Å². The number of carbonyl (C=O) groups is 2. The van der Waals surface area contributed by atoms with Crippen molar-refractivity contribution in [2.75, 3.05) is 26.2 Å². The van der Waals surface area contributed by atoms with E-state index in [0.29, 0.717) is 13.1 Å². The number of hydrogen-bond donors (Lipinski definition) is 0. The molecule has 0 radical (unpaired) electrons. The summed E-state index contributed by atoms with van der Waals surface area (Å²) >= 11 is 5.92. The predicted octanol–water partition coefficient (Wildman–Crippen LogP) is 1.36. The number of piperazine rings is 2. The highest BCUT2D eigenvalue weighted by Gasteiger charge is 2.49. The van der Waals surface area contributed by atoms with E-state index in [9.17, 15) is 9.59 Å². The third kappa shape index (κ3) is 2.62. The van der Waals surface area contributed by atoms with Gasteiger partial charge in [-0.3, -0.25) is 14.5 Å². The van der Waals surface area contributed by atoms with E-state index in [-0.39, 0.29) is 23.9 Å². The first kappa shape index (κ1) is 15.0. The van der Waals surface area contributed by atoms with Crippen LogP contribution in [0.25, 0.3) is 0 Å². The lowest BCUT2D eigenvalue weighted by atomic mass is 10.0. The molecule has 0 unspecified atom stereocenters. The van der Waals surface area contributed by atoms with Gasteiger partial charge in [-0.05, 0) is 30.5 Å². The van der Waals surface area contributed by atoms with Crippen molar-refractivity contribution in [1.29, 1.82) is 0 Å². The largest absolute Gasteiger partial charge is 0.329 e. The van der Waals surface area contributed by atoms with Crippen molar-refractivity contribution in [3.63, 3.8) is 0 Å². The molecule has 3 aliphatic heterocycles. The minimum absolute atomic E-state index is 0.132. The van der Waals surface area contributed by atoms with E-state index in [4.69, 9.17) is 11.6 Å². The molecule has 0 N–H and O–H groups in total. The van der Waals surface area contributed by atoms with Gasteiger partial charge < -0.3 is 9.80 Å². The van der Waals surface area contributed by atoms with Gasteiger partial charge in [0.2, 0.25) is 11.8 Å². The molecule has 0 aromatic heterocycles. The zero-order chi connectivity index (χ0) is 16.0. The molecule has 3 aliphatic rings. The molecular formula is C17H20ClN3O2. The Labute approximate surface area is 140 Å². The first-order valence-electron chi connectivity index (χ1n) is 8.21. The first-order valence-corrected chi connectivity index (χ1v) is 8.59. The van der Waals surface area contributed by atoms with Crippen LogP contribution < -0.4 is 0 Å². The first-order chi connectivity index (χ1) is 11.1. The van der Waals surface area contributed by atoms with E-state index < -0.39 is 0 Å². The molecule has 23 heavy (non-hydrogen) atoms. The van der Waals surface area contributed by atoms with Gasteiger partial charge in [-0.1, -0.05) is 23.7 Å². The fourth-order valence-corrected chi connectivity index (χ4v) is 4.10. The predicted molar refractivity (Wildman–Crippen MR) is 87.0 cm³/mol. The summed E-state index contributed by atoms with van der Waals surface area (Å²) in [7, 11) is 0. The summed E-state index contributed by atoms with van der Waals surface area (Å²) in [5, 5.41) is 0.728. The highest BCUT2D eigenvalue weighted by molar-refractivity contribution is 6.30. The maximum atomic E-state index is 12.7. The summed E-state index contributed by atoms with van der Waals surface area (Å²) in [5.41, 5.74) is 1.18. The lowest BCUT2D eigenvalue weighted by Gasteiger charge is -2.47. The summed E-state index contributed by atoms with van der Waals surface area (Å²) in [6.45, 7) is 3.59. The van der Waals surface area contributed by atoms with Crippen LogP contribution in [-0.2, 0) is 16.1 Å². The summed E-state index contributed by atoms with van der Waals surface area (Å²) < 4.78 is 0. The summed E-state index contributed by atoms with van der Waals surface area (Å²) in [6.07, 6.45) is 1.76. The molecule has 1 aromatic carbocycles. The zero-order valence-electron chi connectivity index (χ0n) is 12.9. The Kier molecular flexibility index (Phi) is 3.77. The molecule has 4 rings (SSSR count). The van der Waals surface area contributed by atoms with Crippen LogP contribution in [0.5, 0.6) is 0 Å². The molecular weight excluding hydrogens is 314 g/mol. The fraction of sp³-hybridized carbons (Fsp3) is 0.529. The molecule has 1 aromatic rings. The molecule has 6 heteroatoms. The van der Waals surface area contributed by atoms with Gasteiger partial charge in [0.1, 0.15) is 12.1 Å². The Balaban J connectivity index is 1.48. The van der Waals surface area contributed by atoms with Crippen molar-refractivity contribution in [2.45, 2.75) is 31.5 Å². The molecule has 0 spiro atoms. The maximum Gasteiger partial charge on any atom is 0.247 e. The molecule has 122 valence electrons. The number of hydrogen-bond acceptors (Lipinski definition) is 3. The van der Waals surface area contributed by atoms with Gasteiger partial charge in [0.25, 0.3) is 0 Å². The number of rotatable bonds is 2. The van der Waals surface area contributed by atoms with Gasteiger partial charge in [-0.2, -0.15) is 0 Å². The van der Waals surface area contributed by atoms with Crippen LogP contribution in [0.2, 0.25) is 5.02 Å². The van der Waals surface area contributed by atoms with Crippen LogP contribution in [-0.4, -0.2) is 64.8 Å². The molecule has 0 aliphatic carbocycles. The smallest absolute Gasteiger partial charge is 0.247 e. The summed E-state index contributed by atoms with van der Waals surface area (Å²) in [5.74, 6) is 0.283. The van der Waals surface area contributed by atoms with Crippen molar-refractivity contribution in [3.05, 3.63) is 34.9 Å². The Morgan fingerprint density at radius 1 is 0.957 bits per heavy atom. The molecule has 3 fully saturated rings. The van der Waals surface area contributed by atoms with Crippen molar-refractivity contribution < 1.29 is 9.59 Å².